The lowest BCUT2D eigenvalue weighted by Crippen LogP contribution is -2.14. The predicted molar refractivity (Wildman–Crippen MR) is 106 cm³/mol. The van der Waals surface area contributed by atoms with Gasteiger partial charge in [0.15, 0.2) is 22.3 Å². The average Bonchev–Trinajstić information content (AvgIpc) is 3.10. The number of fused-ring (bicyclic) bond motifs is 1. The van der Waals surface area contributed by atoms with Crippen molar-refractivity contribution in [2.45, 2.75) is 25.2 Å². The first-order chi connectivity index (χ1) is 14.3. The van der Waals surface area contributed by atoms with Crippen LogP contribution in [-0.4, -0.2) is 39.5 Å². The number of amides is 1. The van der Waals surface area contributed by atoms with E-state index in [1.54, 1.807) is 18.2 Å². The van der Waals surface area contributed by atoms with Gasteiger partial charge in [0.1, 0.15) is 0 Å². The van der Waals surface area contributed by atoms with Crippen LogP contribution in [0.4, 0.5) is 18.9 Å². The Balaban J connectivity index is 1.68. The lowest BCUT2D eigenvalue weighted by molar-refractivity contribution is -0.137. The van der Waals surface area contributed by atoms with Crippen LogP contribution < -0.4 is 14.8 Å². The van der Waals surface area contributed by atoms with Gasteiger partial charge in [-0.25, -0.2) is 0 Å². The molecule has 2 heterocycles. The maximum absolute atomic E-state index is 12.9. The summed E-state index contributed by atoms with van der Waals surface area (Å²) in [4.78, 5) is 12.3. The van der Waals surface area contributed by atoms with Crippen LogP contribution in [0.15, 0.2) is 41.7 Å². The number of carbonyl (C=O) groups is 1. The van der Waals surface area contributed by atoms with E-state index in [-0.39, 0.29) is 22.5 Å². The second kappa shape index (κ2) is 9.24. The Hall–Kier alpha value is -2.95. The number of nitrogens with one attached hydrogen (secondary N) is 1. The minimum Gasteiger partial charge on any atom is -0.490 e. The van der Waals surface area contributed by atoms with Crippen molar-refractivity contribution < 1.29 is 27.4 Å². The minimum atomic E-state index is -4.48. The third-order valence-corrected chi connectivity index (χ3v) is 4.80. The van der Waals surface area contributed by atoms with Crippen molar-refractivity contribution in [3.05, 3.63) is 42.1 Å². The lowest BCUT2D eigenvalue weighted by Gasteiger charge is -2.13. The molecule has 0 unspecified atom stereocenters. The molecule has 1 aromatic carbocycles. The number of aromatic nitrogens is 3. The first-order valence-corrected chi connectivity index (χ1v) is 10.0. The van der Waals surface area contributed by atoms with E-state index in [4.69, 9.17) is 9.47 Å². The number of halogens is 3. The lowest BCUT2D eigenvalue weighted by atomic mass is 10.2. The molecule has 0 aliphatic heterocycles. The van der Waals surface area contributed by atoms with Crippen LogP contribution in [-0.2, 0) is 11.0 Å². The molecule has 1 amide bonds. The maximum Gasteiger partial charge on any atom is 0.417 e. The summed E-state index contributed by atoms with van der Waals surface area (Å²) in [6, 6.07) is 7.20. The quantitative estimate of drug-likeness (QED) is 0.527. The molecule has 3 rings (SSSR count). The zero-order chi connectivity index (χ0) is 21.7. The fourth-order valence-electron chi connectivity index (χ4n) is 2.59. The third kappa shape index (κ3) is 5.15. The van der Waals surface area contributed by atoms with Crippen molar-refractivity contribution in [3.63, 3.8) is 0 Å². The second-order valence-electron chi connectivity index (χ2n) is 5.99. The molecule has 0 aliphatic rings. The van der Waals surface area contributed by atoms with Gasteiger partial charge in [0.05, 0.1) is 24.5 Å². The highest BCUT2D eigenvalue weighted by atomic mass is 32.2. The molecule has 0 saturated carbocycles. The molecular formula is C19H19F3N4O3S. The molecule has 160 valence electrons. The van der Waals surface area contributed by atoms with Gasteiger partial charge in [0.2, 0.25) is 5.91 Å². The Morgan fingerprint density at radius 3 is 2.53 bits per heavy atom. The van der Waals surface area contributed by atoms with E-state index in [9.17, 15) is 18.0 Å². The Morgan fingerprint density at radius 1 is 1.10 bits per heavy atom. The first kappa shape index (κ1) is 21.8. The number of hydrogen-bond acceptors (Lipinski definition) is 6. The number of thioether (sulfide) groups is 1. The summed E-state index contributed by atoms with van der Waals surface area (Å²) in [6.07, 6.45) is -3.57. The van der Waals surface area contributed by atoms with E-state index < -0.39 is 11.7 Å². The predicted octanol–water partition coefficient (Wildman–Crippen LogP) is 4.28. The van der Waals surface area contributed by atoms with Crippen molar-refractivity contribution >= 4 is 29.0 Å². The van der Waals surface area contributed by atoms with E-state index >= 15 is 0 Å². The summed E-state index contributed by atoms with van der Waals surface area (Å²) >= 11 is 0.983. The van der Waals surface area contributed by atoms with E-state index in [1.165, 1.54) is 10.5 Å². The molecule has 0 spiro atoms. The number of benzene rings is 1. The molecule has 1 N–H and O–H groups in total. The van der Waals surface area contributed by atoms with Gasteiger partial charge in [-0.3, -0.25) is 9.20 Å². The maximum atomic E-state index is 12.9. The minimum absolute atomic E-state index is 0.0613. The molecule has 0 atom stereocenters. The Labute approximate surface area is 174 Å². The van der Waals surface area contributed by atoms with Crippen LogP contribution in [0.5, 0.6) is 11.5 Å². The first-order valence-electron chi connectivity index (χ1n) is 9.06. The van der Waals surface area contributed by atoms with Crippen molar-refractivity contribution in [1.82, 2.24) is 14.6 Å². The molecule has 0 bridgehead atoms. The summed E-state index contributed by atoms with van der Waals surface area (Å²) < 4.78 is 51.0. The van der Waals surface area contributed by atoms with Crippen molar-refractivity contribution in [2.24, 2.45) is 0 Å². The number of hydrogen-bond donors (Lipinski definition) is 1. The Bertz CT molecular complexity index is 1040. The van der Waals surface area contributed by atoms with E-state index in [0.29, 0.717) is 30.4 Å². The van der Waals surface area contributed by atoms with Gasteiger partial charge >= 0.3 is 6.18 Å². The monoisotopic (exact) mass is 440 g/mol. The smallest absolute Gasteiger partial charge is 0.417 e. The van der Waals surface area contributed by atoms with Crippen LogP contribution in [0.3, 0.4) is 0 Å². The van der Waals surface area contributed by atoms with Gasteiger partial charge in [-0.2, -0.15) is 13.2 Å². The van der Waals surface area contributed by atoms with Crippen molar-refractivity contribution in [3.8, 4) is 11.5 Å². The normalized spacial score (nSPS) is 11.5. The molecule has 0 fully saturated rings. The van der Waals surface area contributed by atoms with Gasteiger partial charge in [0, 0.05) is 18.0 Å². The van der Waals surface area contributed by atoms with Gasteiger partial charge in [-0.1, -0.05) is 11.8 Å². The van der Waals surface area contributed by atoms with Crippen molar-refractivity contribution in [2.75, 3.05) is 24.3 Å². The van der Waals surface area contributed by atoms with Gasteiger partial charge in [-0.05, 0) is 38.1 Å². The fourth-order valence-corrected chi connectivity index (χ4v) is 3.31. The number of carbonyl (C=O) groups excluding carboxylic acids is 1. The third-order valence-electron chi connectivity index (χ3n) is 3.86. The Kier molecular flexibility index (Phi) is 6.70. The van der Waals surface area contributed by atoms with Crippen molar-refractivity contribution in [1.29, 1.82) is 0 Å². The molecule has 7 nitrogen and oxygen atoms in total. The highest BCUT2D eigenvalue weighted by Crippen LogP contribution is 2.31. The van der Waals surface area contributed by atoms with Gasteiger partial charge in [-0.15, -0.1) is 10.2 Å². The highest BCUT2D eigenvalue weighted by Gasteiger charge is 2.31. The summed E-state index contributed by atoms with van der Waals surface area (Å²) in [5.41, 5.74) is -0.0457. The summed E-state index contributed by atoms with van der Waals surface area (Å²) in [6.45, 7) is 4.61. The SMILES string of the molecule is CCOc1ccc(NC(=O)CSc2nnc3ccc(C(F)(F)F)cn23)cc1OCC. The molecule has 2 aromatic heterocycles. The zero-order valence-electron chi connectivity index (χ0n) is 16.2. The number of alkyl halides is 3. The van der Waals surface area contributed by atoms with Crippen LogP contribution >= 0.6 is 11.8 Å². The fraction of sp³-hybridized carbons (Fsp3) is 0.316. The molecule has 0 aliphatic carbocycles. The molecule has 0 saturated heterocycles. The van der Waals surface area contributed by atoms with E-state index in [2.05, 4.69) is 15.5 Å². The van der Waals surface area contributed by atoms with Crippen LogP contribution in [0, 0.1) is 0 Å². The van der Waals surface area contributed by atoms with E-state index in [1.807, 2.05) is 13.8 Å². The topological polar surface area (TPSA) is 77.8 Å². The standard InChI is InChI=1S/C19H19F3N4O3S/c1-3-28-14-7-6-13(9-15(14)29-4-2)23-17(27)11-30-18-25-24-16-8-5-12(10-26(16)18)19(20,21)22/h5-10H,3-4,11H2,1-2H3,(H,23,27). The summed E-state index contributed by atoms with van der Waals surface area (Å²) in [7, 11) is 0. The Morgan fingerprint density at radius 2 is 1.83 bits per heavy atom. The zero-order valence-corrected chi connectivity index (χ0v) is 17.0. The molecule has 11 heteroatoms. The molecule has 0 radical (unpaired) electrons. The number of rotatable bonds is 8. The molecule has 30 heavy (non-hydrogen) atoms. The molecule has 3 aromatic rings. The number of pyridine rings is 1. The average molecular weight is 440 g/mol. The van der Waals surface area contributed by atoms with Gasteiger partial charge in [0.25, 0.3) is 0 Å². The second-order valence-corrected chi connectivity index (χ2v) is 6.93. The van der Waals surface area contributed by atoms with Crippen LogP contribution in [0.25, 0.3) is 5.65 Å². The number of ether oxygens (including phenoxy) is 2. The number of nitrogens with zero attached hydrogens (tertiary/aromatic N) is 3. The molecular weight excluding hydrogens is 421 g/mol. The van der Waals surface area contributed by atoms with Crippen LogP contribution in [0.1, 0.15) is 19.4 Å². The van der Waals surface area contributed by atoms with Crippen LogP contribution in [0.2, 0.25) is 0 Å². The highest BCUT2D eigenvalue weighted by molar-refractivity contribution is 7.99. The number of anilines is 1. The summed E-state index contributed by atoms with van der Waals surface area (Å²) in [5.74, 6) is 0.666. The van der Waals surface area contributed by atoms with E-state index in [0.717, 1.165) is 24.0 Å². The summed E-state index contributed by atoms with van der Waals surface area (Å²) in [5, 5.41) is 10.6. The largest absolute Gasteiger partial charge is 0.490 e. The van der Waals surface area contributed by atoms with Gasteiger partial charge < -0.3 is 14.8 Å².